The normalized spacial score (nSPS) is 10.9. The summed E-state index contributed by atoms with van der Waals surface area (Å²) in [6.07, 6.45) is 5.23. The highest BCUT2D eigenvalue weighted by atomic mass is 16.4. The highest BCUT2D eigenvalue weighted by molar-refractivity contribution is 6.14. The third kappa shape index (κ3) is 11.4. The number of hydrogen-bond acceptors (Lipinski definition) is 8. The van der Waals surface area contributed by atoms with Crippen molar-refractivity contribution in [2.24, 2.45) is 7.05 Å². The van der Waals surface area contributed by atoms with E-state index in [1.807, 2.05) is 18.3 Å². The average molecular weight is 573 g/mol. The standard InChI is InChI=1S/C20H28N4O.2C4H4O4/c1-5-24(6-2)11-7-10-21-20-18-16-12-15(25)8-9-17(16)23(4)19(18)14(3)13-22-20;2*5-3(6)1-2-4(7)8/h8-9,12-13,25H,5-7,10-11H2,1-4H3,(H,21,22);2*1-2H,(H,5,6)(H,7,8)/b;2*2-1+. The molecule has 41 heavy (non-hydrogen) atoms. The molecule has 13 nitrogen and oxygen atoms in total. The van der Waals surface area contributed by atoms with Crippen molar-refractivity contribution < 1.29 is 44.7 Å². The summed E-state index contributed by atoms with van der Waals surface area (Å²) < 4.78 is 2.18. The van der Waals surface area contributed by atoms with Gasteiger partial charge in [0.2, 0.25) is 0 Å². The monoisotopic (exact) mass is 572 g/mol. The molecule has 13 heteroatoms. The minimum Gasteiger partial charge on any atom is -0.508 e. The quantitative estimate of drug-likeness (QED) is 0.145. The number of phenols is 1. The van der Waals surface area contributed by atoms with Gasteiger partial charge in [0.05, 0.1) is 10.9 Å². The van der Waals surface area contributed by atoms with E-state index in [1.54, 1.807) is 6.07 Å². The van der Waals surface area contributed by atoms with E-state index < -0.39 is 23.9 Å². The molecule has 0 radical (unpaired) electrons. The van der Waals surface area contributed by atoms with Gasteiger partial charge in [0.1, 0.15) is 11.6 Å². The van der Waals surface area contributed by atoms with Crippen LogP contribution in [0.5, 0.6) is 5.75 Å². The molecule has 0 unspecified atom stereocenters. The van der Waals surface area contributed by atoms with Crippen LogP contribution in [0.2, 0.25) is 0 Å². The Morgan fingerprint density at radius 1 is 0.927 bits per heavy atom. The van der Waals surface area contributed by atoms with Crippen molar-refractivity contribution in [2.45, 2.75) is 27.2 Å². The van der Waals surface area contributed by atoms with Crippen LogP contribution in [0, 0.1) is 6.92 Å². The number of aliphatic carboxylic acids is 4. The van der Waals surface area contributed by atoms with Crippen LogP contribution in [0.4, 0.5) is 5.82 Å². The first kappa shape index (κ1) is 34.1. The number of fused-ring (bicyclic) bond motifs is 3. The number of phenolic OH excluding ortho intramolecular Hbond substituents is 1. The Bertz CT molecular complexity index is 1360. The van der Waals surface area contributed by atoms with E-state index in [9.17, 15) is 24.3 Å². The molecule has 0 aliphatic rings. The maximum Gasteiger partial charge on any atom is 0.328 e. The van der Waals surface area contributed by atoms with Crippen LogP contribution in [-0.4, -0.2) is 90.0 Å². The number of rotatable bonds is 11. The Morgan fingerprint density at radius 2 is 1.44 bits per heavy atom. The van der Waals surface area contributed by atoms with Crippen LogP contribution in [0.1, 0.15) is 25.8 Å². The second kappa shape index (κ2) is 16.9. The first-order valence-corrected chi connectivity index (χ1v) is 12.6. The first-order valence-electron chi connectivity index (χ1n) is 12.6. The van der Waals surface area contributed by atoms with Gasteiger partial charge in [-0.15, -0.1) is 0 Å². The summed E-state index contributed by atoms with van der Waals surface area (Å²) in [7, 11) is 2.07. The highest BCUT2D eigenvalue weighted by Gasteiger charge is 2.15. The predicted molar refractivity (Wildman–Crippen MR) is 154 cm³/mol. The third-order valence-electron chi connectivity index (χ3n) is 5.76. The Hall–Kier alpha value is -4.91. The van der Waals surface area contributed by atoms with Crippen LogP contribution in [0.3, 0.4) is 0 Å². The van der Waals surface area contributed by atoms with Crippen LogP contribution in [0.15, 0.2) is 48.7 Å². The molecule has 222 valence electrons. The smallest absolute Gasteiger partial charge is 0.328 e. The number of benzene rings is 1. The lowest BCUT2D eigenvalue weighted by Gasteiger charge is -2.18. The second-order valence-electron chi connectivity index (χ2n) is 8.60. The third-order valence-corrected chi connectivity index (χ3v) is 5.76. The molecule has 2 heterocycles. The summed E-state index contributed by atoms with van der Waals surface area (Å²) in [5.41, 5.74) is 3.42. The Labute approximate surface area is 236 Å². The molecule has 0 aliphatic carbocycles. The van der Waals surface area contributed by atoms with E-state index in [0.29, 0.717) is 24.3 Å². The van der Waals surface area contributed by atoms with Crippen molar-refractivity contribution in [3.63, 3.8) is 0 Å². The zero-order chi connectivity index (χ0) is 31.1. The summed E-state index contributed by atoms with van der Waals surface area (Å²) in [6.45, 7) is 10.6. The molecule has 0 saturated carbocycles. The van der Waals surface area contributed by atoms with Gasteiger partial charge in [-0.2, -0.15) is 0 Å². The summed E-state index contributed by atoms with van der Waals surface area (Å²) in [4.78, 5) is 45.3. The van der Waals surface area contributed by atoms with Crippen molar-refractivity contribution >= 4 is 51.5 Å². The first-order chi connectivity index (χ1) is 19.3. The number of carboxylic acid groups (broad SMARTS) is 4. The Kier molecular flexibility index (Phi) is 14.1. The van der Waals surface area contributed by atoms with E-state index in [2.05, 4.69) is 47.6 Å². The lowest BCUT2D eigenvalue weighted by atomic mass is 10.1. The molecule has 3 aromatic rings. The molecule has 0 aliphatic heterocycles. The maximum atomic E-state index is 9.93. The van der Waals surface area contributed by atoms with Crippen LogP contribution < -0.4 is 5.32 Å². The largest absolute Gasteiger partial charge is 0.508 e. The van der Waals surface area contributed by atoms with Gasteiger partial charge in [0, 0.05) is 55.0 Å². The molecule has 0 bridgehead atoms. The molecule has 2 aromatic heterocycles. The van der Waals surface area contributed by atoms with E-state index >= 15 is 0 Å². The van der Waals surface area contributed by atoms with Gasteiger partial charge in [0.25, 0.3) is 0 Å². The molecule has 0 atom stereocenters. The zero-order valence-electron chi connectivity index (χ0n) is 23.4. The number of nitrogens with zero attached hydrogens (tertiary/aromatic N) is 3. The van der Waals surface area contributed by atoms with E-state index in [1.165, 1.54) is 5.52 Å². The zero-order valence-corrected chi connectivity index (χ0v) is 23.4. The van der Waals surface area contributed by atoms with Crippen molar-refractivity contribution in [3.05, 3.63) is 54.3 Å². The Morgan fingerprint density at radius 3 is 1.90 bits per heavy atom. The fraction of sp³-hybridized carbons (Fsp3) is 0.321. The minimum absolute atomic E-state index is 0.286. The molecule has 0 saturated heterocycles. The second-order valence-corrected chi connectivity index (χ2v) is 8.60. The molecular weight excluding hydrogens is 536 g/mol. The minimum atomic E-state index is -1.26. The lowest BCUT2D eigenvalue weighted by molar-refractivity contribution is -0.134. The van der Waals surface area contributed by atoms with Crippen molar-refractivity contribution in [2.75, 3.05) is 31.5 Å². The molecular formula is C28H36N4O9. The number of aromatic nitrogens is 2. The summed E-state index contributed by atoms with van der Waals surface area (Å²) in [5.74, 6) is -3.84. The molecule has 0 spiro atoms. The number of hydrogen-bond donors (Lipinski definition) is 6. The van der Waals surface area contributed by atoms with Gasteiger partial charge in [0.15, 0.2) is 0 Å². The molecule has 0 fully saturated rings. The van der Waals surface area contributed by atoms with Gasteiger partial charge in [-0.05, 0) is 56.7 Å². The molecule has 0 amide bonds. The fourth-order valence-corrected chi connectivity index (χ4v) is 3.89. The summed E-state index contributed by atoms with van der Waals surface area (Å²) in [5, 5.41) is 46.8. The van der Waals surface area contributed by atoms with Gasteiger partial charge in [-0.25, -0.2) is 24.2 Å². The number of carboxylic acids is 4. The van der Waals surface area contributed by atoms with Crippen LogP contribution in [0.25, 0.3) is 21.8 Å². The topological polar surface area (TPSA) is 203 Å². The van der Waals surface area contributed by atoms with Crippen LogP contribution >= 0.6 is 0 Å². The number of anilines is 1. The van der Waals surface area contributed by atoms with Crippen molar-refractivity contribution in [3.8, 4) is 5.75 Å². The highest BCUT2D eigenvalue weighted by Crippen LogP contribution is 2.35. The lowest BCUT2D eigenvalue weighted by Crippen LogP contribution is -2.25. The summed E-state index contributed by atoms with van der Waals surface area (Å²) >= 11 is 0. The van der Waals surface area contributed by atoms with Gasteiger partial charge < -0.3 is 40.3 Å². The van der Waals surface area contributed by atoms with Crippen molar-refractivity contribution in [1.29, 1.82) is 0 Å². The maximum absolute atomic E-state index is 9.93. The van der Waals surface area contributed by atoms with Gasteiger partial charge in [-0.3, -0.25) is 0 Å². The number of carbonyl (C=O) groups is 4. The molecule has 6 N–H and O–H groups in total. The van der Waals surface area contributed by atoms with Crippen molar-refractivity contribution in [1.82, 2.24) is 14.5 Å². The average Bonchev–Trinajstić information content (AvgIpc) is 3.20. The van der Waals surface area contributed by atoms with Gasteiger partial charge in [-0.1, -0.05) is 13.8 Å². The SMILES string of the molecule is CCN(CC)CCCNc1ncc(C)c2c1c1cc(O)ccc1n2C.O=C(O)/C=C/C(=O)O.O=C(O)/C=C/C(=O)O. The number of pyridine rings is 1. The number of nitrogens with one attached hydrogen (secondary N) is 1. The van der Waals surface area contributed by atoms with Gasteiger partial charge >= 0.3 is 23.9 Å². The van der Waals surface area contributed by atoms with E-state index in [0.717, 1.165) is 60.3 Å². The fourth-order valence-electron chi connectivity index (χ4n) is 3.89. The van der Waals surface area contributed by atoms with E-state index in [4.69, 9.17) is 20.4 Å². The summed E-state index contributed by atoms with van der Waals surface area (Å²) in [6, 6.07) is 5.54. The molecule has 3 rings (SSSR count). The predicted octanol–water partition coefficient (Wildman–Crippen LogP) is 3.31. The Balaban J connectivity index is 0.000000433. The van der Waals surface area contributed by atoms with E-state index in [-0.39, 0.29) is 5.75 Å². The molecule has 1 aromatic carbocycles. The number of aromatic hydroxyl groups is 1. The number of aryl methyl sites for hydroxylation is 2. The van der Waals surface area contributed by atoms with Crippen LogP contribution in [-0.2, 0) is 26.2 Å².